The van der Waals surface area contributed by atoms with Crippen LogP contribution in [0, 0.1) is 12.7 Å². The van der Waals surface area contributed by atoms with E-state index >= 15 is 4.39 Å². The lowest BCUT2D eigenvalue weighted by Crippen LogP contribution is -2.53. The third-order valence-corrected chi connectivity index (χ3v) is 8.59. The molecule has 3 saturated heterocycles. The van der Waals surface area contributed by atoms with Gasteiger partial charge >= 0.3 is 12.2 Å². The Morgan fingerprint density at radius 1 is 1.09 bits per heavy atom. The second kappa shape index (κ2) is 12.9. The van der Waals surface area contributed by atoms with Gasteiger partial charge in [0.2, 0.25) is 0 Å². The van der Waals surface area contributed by atoms with E-state index in [1.54, 1.807) is 7.11 Å². The van der Waals surface area contributed by atoms with Crippen molar-refractivity contribution in [3.05, 3.63) is 29.2 Å². The SMILES string of the molecule is CC.COCC1CN(c2nc(OCC34CCCN3CCC4)nc3c(F)c(-c4nc(N)cc(C)c4C(F)(F)F)ncc23)CCN1. The van der Waals surface area contributed by atoms with E-state index < -0.39 is 28.9 Å². The van der Waals surface area contributed by atoms with Gasteiger partial charge in [-0.1, -0.05) is 13.8 Å². The zero-order valence-electron chi connectivity index (χ0n) is 25.6. The number of rotatable bonds is 7. The summed E-state index contributed by atoms with van der Waals surface area (Å²) in [4.78, 5) is 21.5. The molecule has 3 aromatic rings. The number of nitrogens with one attached hydrogen (secondary N) is 1. The second-order valence-corrected chi connectivity index (χ2v) is 11.4. The summed E-state index contributed by atoms with van der Waals surface area (Å²) in [5.74, 6) is -0.823. The lowest BCUT2D eigenvalue weighted by molar-refractivity contribution is -0.137. The summed E-state index contributed by atoms with van der Waals surface area (Å²) in [6.07, 6.45) is 0.632. The minimum atomic E-state index is -4.81. The summed E-state index contributed by atoms with van der Waals surface area (Å²) in [7, 11) is 1.61. The predicted molar refractivity (Wildman–Crippen MR) is 160 cm³/mol. The average molecular weight is 621 g/mol. The molecule has 6 rings (SSSR count). The monoisotopic (exact) mass is 620 g/mol. The van der Waals surface area contributed by atoms with E-state index in [-0.39, 0.29) is 39.9 Å². The number of fused-ring (bicyclic) bond motifs is 2. The quantitative estimate of drug-likeness (QED) is 0.364. The summed E-state index contributed by atoms with van der Waals surface area (Å²) in [5.41, 5.74) is 2.95. The van der Waals surface area contributed by atoms with E-state index in [0.717, 1.165) is 44.8 Å². The lowest BCUT2D eigenvalue weighted by atomic mass is 9.95. The van der Waals surface area contributed by atoms with Gasteiger partial charge in [0.1, 0.15) is 35.1 Å². The number of methoxy groups -OCH3 is 1. The van der Waals surface area contributed by atoms with E-state index in [9.17, 15) is 13.2 Å². The standard InChI is InChI=1S/C28H34F4N8O2.C2H6/c1-16-11-19(33)36-23(20(16)28(30,31)32)24-21(29)22-18(12-35-24)25(39-10-7-34-17(13-39)14-41-2)38-26(37-22)42-15-27-5-3-8-40(27)9-4-6-27;1-2/h11-12,17,34H,3-10,13-15H2,1-2H3,(H2,33,36);1-2H3. The van der Waals surface area contributed by atoms with Gasteiger partial charge in [-0.2, -0.15) is 23.1 Å². The van der Waals surface area contributed by atoms with Gasteiger partial charge in [0.15, 0.2) is 5.82 Å². The molecule has 0 amide bonds. The number of halogens is 4. The number of piperazine rings is 1. The molecule has 0 radical (unpaired) electrons. The van der Waals surface area contributed by atoms with Crippen LogP contribution in [0.3, 0.4) is 0 Å². The number of aryl methyl sites for hydroxylation is 1. The van der Waals surface area contributed by atoms with Crippen LogP contribution in [-0.2, 0) is 10.9 Å². The Kier molecular flexibility index (Phi) is 9.42. The van der Waals surface area contributed by atoms with Crippen molar-refractivity contribution in [3.63, 3.8) is 0 Å². The van der Waals surface area contributed by atoms with Gasteiger partial charge in [0.05, 0.1) is 23.1 Å². The molecule has 6 heterocycles. The summed E-state index contributed by atoms with van der Waals surface area (Å²) in [6, 6.07) is 1.07. The van der Waals surface area contributed by atoms with Gasteiger partial charge in [0.25, 0.3) is 0 Å². The van der Waals surface area contributed by atoms with E-state index in [2.05, 4.69) is 25.2 Å². The van der Waals surface area contributed by atoms with E-state index in [1.807, 2.05) is 18.7 Å². The van der Waals surface area contributed by atoms with Gasteiger partial charge in [0, 0.05) is 39.0 Å². The van der Waals surface area contributed by atoms with Crippen LogP contribution in [0.5, 0.6) is 6.01 Å². The highest BCUT2D eigenvalue weighted by Gasteiger charge is 2.45. The molecule has 3 aliphatic heterocycles. The fraction of sp³-hybridized carbons (Fsp3) is 0.600. The van der Waals surface area contributed by atoms with Crippen molar-refractivity contribution >= 4 is 22.5 Å². The lowest BCUT2D eigenvalue weighted by Gasteiger charge is -2.35. The van der Waals surface area contributed by atoms with Crippen LogP contribution < -0.4 is 20.7 Å². The van der Waals surface area contributed by atoms with Crippen LogP contribution >= 0.6 is 0 Å². The average Bonchev–Trinajstić information content (AvgIpc) is 3.57. The number of pyridine rings is 2. The molecule has 3 N–H and O–H groups in total. The molecule has 3 aliphatic rings. The maximum absolute atomic E-state index is 16.4. The molecule has 3 fully saturated rings. The largest absolute Gasteiger partial charge is 0.461 e. The van der Waals surface area contributed by atoms with Gasteiger partial charge in [-0.15, -0.1) is 0 Å². The molecule has 0 saturated carbocycles. The number of anilines is 2. The fourth-order valence-corrected chi connectivity index (χ4v) is 6.71. The number of hydrogen-bond acceptors (Lipinski definition) is 10. The van der Waals surface area contributed by atoms with Gasteiger partial charge in [-0.3, -0.25) is 9.88 Å². The maximum atomic E-state index is 16.4. The van der Waals surface area contributed by atoms with Crippen molar-refractivity contribution in [2.24, 2.45) is 0 Å². The first-order valence-electron chi connectivity index (χ1n) is 15.2. The van der Waals surface area contributed by atoms with Crippen LogP contribution in [0.25, 0.3) is 22.3 Å². The minimum Gasteiger partial charge on any atom is -0.461 e. The van der Waals surface area contributed by atoms with E-state index in [4.69, 9.17) is 20.2 Å². The molecular formula is C30H40F4N8O2. The first-order valence-corrected chi connectivity index (χ1v) is 15.2. The summed E-state index contributed by atoms with van der Waals surface area (Å²) < 4.78 is 70.1. The van der Waals surface area contributed by atoms with E-state index in [0.29, 0.717) is 38.7 Å². The van der Waals surface area contributed by atoms with Gasteiger partial charge in [-0.05, 0) is 57.3 Å². The first kappa shape index (κ1) is 32.0. The summed E-state index contributed by atoms with van der Waals surface area (Å²) in [5, 5.41) is 3.64. The third-order valence-electron chi connectivity index (χ3n) is 8.59. The molecule has 0 aliphatic carbocycles. The Morgan fingerprint density at radius 3 is 2.50 bits per heavy atom. The molecule has 10 nitrogen and oxygen atoms in total. The number of nitrogen functional groups attached to an aromatic ring is 1. The van der Waals surface area contributed by atoms with Crippen LogP contribution in [0.1, 0.15) is 50.7 Å². The van der Waals surface area contributed by atoms with Crippen LogP contribution in [0.2, 0.25) is 0 Å². The molecule has 240 valence electrons. The number of ether oxygens (including phenoxy) is 2. The normalized spacial score (nSPS) is 20.0. The maximum Gasteiger partial charge on any atom is 0.418 e. The molecule has 1 atom stereocenters. The van der Waals surface area contributed by atoms with Crippen molar-refractivity contribution in [1.82, 2.24) is 30.2 Å². The highest BCUT2D eigenvalue weighted by molar-refractivity contribution is 5.92. The first-order chi connectivity index (χ1) is 21.1. The Morgan fingerprint density at radius 2 is 1.82 bits per heavy atom. The van der Waals surface area contributed by atoms with Crippen molar-refractivity contribution in [1.29, 1.82) is 0 Å². The van der Waals surface area contributed by atoms with Crippen molar-refractivity contribution in [2.45, 2.75) is 64.2 Å². The molecule has 1 unspecified atom stereocenters. The van der Waals surface area contributed by atoms with Crippen molar-refractivity contribution < 1.29 is 27.0 Å². The Bertz CT molecular complexity index is 1480. The number of aromatic nitrogens is 4. The predicted octanol–water partition coefficient (Wildman–Crippen LogP) is 4.59. The molecule has 0 spiro atoms. The smallest absolute Gasteiger partial charge is 0.418 e. The molecule has 0 aromatic carbocycles. The van der Waals surface area contributed by atoms with Crippen LogP contribution in [0.4, 0.5) is 29.2 Å². The summed E-state index contributed by atoms with van der Waals surface area (Å²) >= 11 is 0. The molecule has 3 aromatic heterocycles. The Balaban J connectivity index is 0.00000188. The number of nitrogens with zero attached hydrogens (tertiary/aromatic N) is 6. The number of nitrogens with two attached hydrogens (primary N) is 1. The second-order valence-electron chi connectivity index (χ2n) is 11.4. The zero-order chi connectivity index (χ0) is 31.6. The Hall–Kier alpha value is -3.36. The molecule has 14 heteroatoms. The highest BCUT2D eigenvalue weighted by atomic mass is 19.4. The summed E-state index contributed by atoms with van der Waals surface area (Å²) in [6.45, 7) is 9.77. The highest BCUT2D eigenvalue weighted by Crippen LogP contribution is 2.42. The van der Waals surface area contributed by atoms with Crippen LogP contribution in [0.15, 0.2) is 12.3 Å². The van der Waals surface area contributed by atoms with Crippen molar-refractivity contribution in [3.8, 4) is 17.4 Å². The van der Waals surface area contributed by atoms with Gasteiger partial charge in [-0.25, -0.2) is 9.37 Å². The van der Waals surface area contributed by atoms with Gasteiger partial charge < -0.3 is 25.4 Å². The van der Waals surface area contributed by atoms with Crippen LogP contribution in [-0.4, -0.2) is 89.5 Å². The molecule has 44 heavy (non-hydrogen) atoms. The Labute approximate surface area is 254 Å². The third kappa shape index (κ3) is 6.11. The fourth-order valence-electron chi connectivity index (χ4n) is 6.71. The number of hydrogen-bond donors (Lipinski definition) is 2. The number of alkyl halides is 3. The molecule has 0 bridgehead atoms. The molecular weight excluding hydrogens is 580 g/mol. The minimum absolute atomic E-state index is 0.00606. The van der Waals surface area contributed by atoms with E-state index in [1.165, 1.54) is 13.1 Å². The topological polar surface area (TPSA) is 115 Å². The van der Waals surface area contributed by atoms with Crippen molar-refractivity contribution in [2.75, 3.05) is 63.7 Å². The zero-order valence-corrected chi connectivity index (χ0v) is 25.6.